The Morgan fingerprint density at radius 1 is 1.07 bits per heavy atom. The minimum Gasteiger partial charge on any atom is -0.0881 e. The second-order valence-electron chi connectivity index (χ2n) is 4.11. The fourth-order valence-electron chi connectivity index (χ4n) is 1.67. The standard InChI is InChI=1S/C15H27/c1-5-9-11-15(8-4)13-12-14(7-3)10-6-2/h7H,5-6,8-12H2,1-4H3. The van der Waals surface area contributed by atoms with Crippen LogP contribution in [0.5, 0.6) is 0 Å². The molecule has 0 rings (SSSR count). The van der Waals surface area contributed by atoms with Crippen LogP contribution in [0.1, 0.15) is 72.6 Å². The van der Waals surface area contributed by atoms with Gasteiger partial charge in [0.2, 0.25) is 0 Å². The van der Waals surface area contributed by atoms with E-state index in [1.807, 2.05) is 0 Å². The first-order chi connectivity index (χ1) is 7.28. The lowest BCUT2D eigenvalue weighted by molar-refractivity contribution is 0.756. The number of allylic oxidation sites excluding steroid dienone is 4. The quantitative estimate of drug-likeness (QED) is 0.464. The number of hydrogen-bond acceptors (Lipinski definition) is 0. The Morgan fingerprint density at radius 2 is 1.80 bits per heavy atom. The molecule has 0 saturated heterocycles. The van der Waals surface area contributed by atoms with Gasteiger partial charge in [0.05, 0.1) is 0 Å². The maximum atomic E-state index is 3.59. The number of rotatable bonds is 8. The van der Waals surface area contributed by atoms with Crippen molar-refractivity contribution < 1.29 is 0 Å². The van der Waals surface area contributed by atoms with Gasteiger partial charge in [0.25, 0.3) is 0 Å². The van der Waals surface area contributed by atoms with Crippen molar-refractivity contribution in [3.05, 3.63) is 23.3 Å². The third-order valence-corrected chi connectivity index (χ3v) is 2.80. The summed E-state index contributed by atoms with van der Waals surface area (Å²) in [4.78, 5) is 0. The third-order valence-electron chi connectivity index (χ3n) is 2.80. The highest BCUT2D eigenvalue weighted by molar-refractivity contribution is 5.07. The molecule has 0 aromatic carbocycles. The van der Waals surface area contributed by atoms with Crippen molar-refractivity contribution in [3.63, 3.8) is 0 Å². The highest BCUT2D eigenvalue weighted by atomic mass is 14.0. The molecule has 0 atom stereocenters. The minimum absolute atomic E-state index is 1.05. The first kappa shape index (κ1) is 14.5. The first-order valence-electron chi connectivity index (χ1n) is 6.51. The van der Waals surface area contributed by atoms with Gasteiger partial charge in [0, 0.05) is 0 Å². The Morgan fingerprint density at radius 3 is 2.27 bits per heavy atom. The van der Waals surface area contributed by atoms with Gasteiger partial charge in [0.1, 0.15) is 0 Å². The molecule has 0 fully saturated rings. The molecule has 1 radical (unpaired) electrons. The number of unbranched alkanes of at least 4 members (excludes halogenated alkanes) is 1. The number of hydrogen-bond donors (Lipinski definition) is 0. The summed E-state index contributed by atoms with van der Waals surface area (Å²) in [5, 5.41) is 0. The van der Waals surface area contributed by atoms with Gasteiger partial charge in [-0.2, -0.15) is 0 Å². The van der Waals surface area contributed by atoms with Gasteiger partial charge in [-0.05, 0) is 45.1 Å². The predicted octanol–water partition coefficient (Wildman–Crippen LogP) is 5.45. The zero-order valence-electron chi connectivity index (χ0n) is 11.0. The summed E-state index contributed by atoms with van der Waals surface area (Å²) in [5.41, 5.74) is 3.06. The van der Waals surface area contributed by atoms with E-state index in [-0.39, 0.29) is 0 Å². The van der Waals surface area contributed by atoms with Crippen molar-refractivity contribution in [1.29, 1.82) is 0 Å². The van der Waals surface area contributed by atoms with Gasteiger partial charge >= 0.3 is 0 Å². The summed E-state index contributed by atoms with van der Waals surface area (Å²) in [5.74, 6) is 0. The van der Waals surface area contributed by atoms with Gasteiger partial charge in [-0.3, -0.25) is 0 Å². The van der Waals surface area contributed by atoms with Gasteiger partial charge in [-0.15, -0.1) is 0 Å². The molecule has 0 amide bonds. The Balaban J connectivity index is 4.07. The van der Waals surface area contributed by atoms with E-state index in [4.69, 9.17) is 0 Å². The Bertz CT molecular complexity index is 196. The lowest BCUT2D eigenvalue weighted by atomic mass is 10.0. The van der Waals surface area contributed by atoms with Crippen molar-refractivity contribution in [3.8, 4) is 0 Å². The van der Waals surface area contributed by atoms with Crippen LogP contribution in [0.25, 0.3) is 0 Å². The Hall–Kier alpha value is -0.520. The normalized spacial score (nSPS) is 13.3. The molecule has 0 N–H and O–H groups in total. The third kappa shape index (κ3) is 7.41. The summed E-state index contributed by atoms with van der Waals surface area (Å²) in [6, 6.07) is 0. The fraction of sp³-hybridized carbons (Fsp3) is 0.733. The topological polar surface area (TPSA) is 0 Å². The summed E-state index contributed by atoms with van der Waals surface area (Å²) < 4.78 is 0. The monoisotopic (exact) mass is 207 g/mol. The zero-order chi connectivity index (χ0) is 11.5. The molecule has 0 aliphatic rings. The van der Waals surface area contributed by atoms with E-state index < -0.39 is 0 Å². The van der Waals surface area contributed by atoms with Gasteiger partial charge < -0.3 is 0 Å². The molecule has 0 heterocycles. The maximum Gasteiger partial charge on any atom is -0.00648 e. The lowest BCUT2D eigenvalue weighted by Crippen LogP contribution is -1.86. The molecule has 0 saturated carbocycles. The summed E-state index contributed by atoms with van der Waals surface area (Å²) in [6.07, 6.45) is 14.4. The van der Waals surface area contributed by atoms with E-state index in [9.17, 15) is 0 Å². The largest absolute Gasteiger partial charge is 0.0881 e. The Kier molecular flexibility index (Phi) is 9.67. The summed E-state index contributed by atoms with van der Waals surface area (Å²) in [6.45, 7) is 8.88. The van der Waals surface area contributed by atoms with Crippen LogP contribution in [0, 0.1) is 6.08 Å². The van der Waals surface area contributed by atoms with Crippen molar-refractivity contribution in [2.75, 3.05) is 0 Å². The first-order valence-corrected chi connectivity index (χ1v) is 6.51. The molecule has 0 unspecified atom stereocenters. The van der Waals surface area contributed by atoms with Crippen LogP contribution in [0.2, 0.25) is 0 Å². The maximum absolute atomic E-state index is 3.59. The highest BCUT2D eigenvalue weighted by Crippen LogP contribution is 2.15. The highest BCUT2D eigenvalue weighted by Gasteiger charge is 1.97. The van der Waals surface area contributed by atoms with E-state index in [0.29, 0.717) is 0 Å². The lowest BCUT2D eigenvalue weighted by Gasteiger charge is -2.05. The van der Waals surface area contributed by atoms with E-state index in [2.05, 4.69) is 39.8 Å². The minimum atomic E-state index is 1.05. The van der Waals surface area contributed by atoms with Crippen LogP contribution in [0.15, 0.2) is 17.2 Å². The van der Waals surface area contributed by atoms with Crippen molar-refractivity contribution in [1.82, 2.24) is 0 Å². The van der Waals surface area contributed by atoms with Gasteiger partial charge in [0.15, 0.2) is 0 Å². The average Bonchev–Trinajstić information content (AvgIpc) is 2.27. The molecule has 0 spiro atoms. The van der Waals surface area contributed by atoms with Crippen LogP contribution < -0.4 is 0 Å². The van der Waals surface area contributed by atoms with E-state index in [0.717, 1.165) is 6.42 Å². The molecule has 87 valence electrons. The van der Waals surface area contributed by atoms with E-state index in [1.54, 1.807) is 5.57 Å². The van der Waals surface area contributed by atoms with Crippen LogP contribution in [-0.4, -0.2) is 0 Å². The van der Waals surface area contributed by atoms with E-state index >= 15 is 0 Å². The average molecular weight is 207 g/mol. The van der Waals surface area contributed by atoms with Crippen molar-refractivity contribution >= 4 is 0 Å². The van der Waals surface area contributed by atoms with Crippen LogP contribution in [0.3, 0.4) is 0 Å². The van der Waals surface area contributed by atoms with Crippen LogP contribution in [0.4, 0.5) is 0 Å². The molecular weight excluding hydrogens is 180 g/mol. The van der Waals surface area contributed by atoms with Gasteiger partial charge in [-0.25, -0.2) is 0 Å². The molecule has 0 aliphatic heterocycles. The molecule has 0 aromatic rings. The molecule has 0 aliphatic carbocycles. The SMILES string of the molecule is CC=C(C/[C]=C(\CC)CCCC)CCC. The van der Waals surface area contributed by atoms with Crippen molar-refractivity contribution in [2.45, 2.75) is 72.6 Å². The van der Waals surface area contributed by atoms with Gasteiger partial charge in [-0.1, -0.05) is 50.8 Å². The smallest absolute Gasteiger partial charge is 0.00648 e. The zero-order valence-corrected chi connectivity index (χ0v) is 11.0. The molecule has 0 bridgehead atoms. The molecule has 0 nitrogen and oxygen atoms in total. The second-order valence-corrected chi connectivity index (χ2v) is 4.11. The molecule has 15 heavy (non-hydrogen) atoms. The van der Waals surface area contributed by atoms with Crippen LogP contribution >= 0.6 is 0 Å². The molecular formula is C15H27. The Labute approximate surface area is 96.5 Å². The fourth-order valence-corrected chi connectivity index (χ4v) is 1.67. The second kappa shape index (κ2) is 10.0. The molecule has 0 aromatic heterocycles. The van der Waals surface area contributed by atoms with Crippen LogP contribution in [-0.2, 0) is 0 Å². The summed E-state index contributed by atoms with van der Waals surface area (Å²) in [7, 11) is 0. The molecule has 0 heteroatoms. The van der Waals surface area contributed by atoms with Crippen molar-refractivity contribution in [2.24, 2.45) is 0 Å². The van der Waals surface area contributed by atoms with E-state index in [1.165, 1.54) is 44.1 Å². The summed E-state index contributed by atoms with van der Waals surface area (Å²) >= 11 is 0. The predicted molar refractivity (Wildman–Crippen MR) is 69.9 cm³/mol.